The summed E-state index contributed by atoms with van der Waals surface area (Å²) in [6.07, 6.45) is 1.68. The van der Waals surface area contributed by atoms with Crippen molar-refractivity contribution in [1.82, 2.24) is 0 Å². The van der Waals surface area contributed by atoms with Crippen LogP contribution in [0.4, 0.5) is 17.1 Å². The standard InChI is InChI=1S/C24H26N4O2/c1-3-26(4-2)23-16-15-21(17-24(23)28(29)30)18-25-27(22-13-9-6-10-14-22)19-20-11-7-5-8-12-20/h5-18H,3-4,19H2,1-2H3. The fourth-order valence-corrected chi connectivity index (χ4v) is 3.29. The monoisotopic (exact) mass is 402 g/mol. The number of hydrazone groups is 1. The predicted octanol–water partition coefficient (Wildman–Crippen LogP) is 5.48. The van der Waals surface area contributed by atoms with Gasteiger partial charge >= 0.3 is 0 Å². The molecule has 154 valence electrons. The maximum absolute atomic E-state index is 11.6. The van der Waals surface area contributed by atoms with Crippen LogP contribution in [0.2, 0.25) is 0 Å². The Kier molecular flexibility index (Phi) is 7.16. The van der Waals surface area contributed by atoms with Crippen molar-refractivity contribution < 1.29 is 4.92 Å². The number of anilines is 2. The lowest BCUT2D eigenvalue weighted by Crippen LogP contribution is -2.22. The van der Waals surface area contributed by atoms with Gasteiger partial charge in [0.2, 0.25) is 0 Å². The van der Waals surface area contributed by atoms with Gasteiger partial charge in [0.25, 0.3) is 5.69 Å². The fourth-order valence-electron chi connectivity index (χ4n) is 3.29. The molecule has 6 nitrogen and oxygen atoms in total. The molecule has 0 aliphatic carbocycles. The first-order chi connectivity index (χ1) is 14.6. The number of benzene rings is 3. The highest BCUT2D eigenvalue weighted by Crippen LogP contribution is 2.29. The maximum Gasteiger partial charge on any atom is 0.293 e. The molecule has 0 bridgehead atoms. The van der Waals surface area contributed by atoms with E-state index in [1.54, 1.807) is 18.3 Å². The first-order valence-corrected chi connectivity index (χ1v) is 10.1. The highest BCUT2D eigenvalue weighted by atomic mass is 16.6. The highest BCUT2D eigenvalue weighted by Gasteiger charge is 2.18. The molecule has 0 aliphatic rings. The molecule has 0 saturated heterocycles. The summed E-state index contributed by atoms with van der Waals surface area (Å²) in [5.41, 5.74) is 3.49. The number of nitro groups is 1. The van der Waals surface area contributed by atoms with Gasteiger partial charge in [-0.1, -0.05) is 54.6 Å². The minimum absolute atomic E-state index is 0.0944. The maximum atomic E-state index is 11.6. The molecule has 0 amide bonds. The summed E-state index contributed by atoms with van der Waals surface area (Å²) in [7, 11) is 0. The molecule has 3 rings (SSSR count). The van der Waals surface area contributed by atoms with E-state index in [1.165, 1.54) is 0 Å². The van der Waals surface area contributed by atoms with Crippen LogP contribution < -0.4 is 9.91 Å². The van der Waals surface area contributed by atoms with Gasteiger partial charge in [-0.25, -0.2) is 0 Å². The minimum Gasteiger partial charge on any atom is -0.367 e. The summed E-state index contributed by atoms with van der Waals surface area (Å²) in [6.45, 7) is 6.00. The van der Waals surface area contributed by atoms with Crippen molar-refractivity contribution >= 4 is 23.3 Å². The molecule has 0 N–H and O–H groups in total. The number of hydrogen-bond acceptors (Lipinski definition) is 5. The van der Waals surface area contributed by atoms with Crippen LogP contribution in [-0.2, 0) is 6.54 Å². The van der Waals surface area contributed by atoms with Crippen LogP contribution in [0.3, 0.4) is 0 Å². The number of hydrogen-bond donors (Lipinski definition) is 0. The van der Waals surface area contributed by atoms with E-state index in [-0.39, 0.29) is 10.6 Å². The van der Waals surface area contributed by atoms with E-state index in [1.807, 2.05) is 78.4 Å². The summed E-state index contributed by atoms with van der Waals surface area (Å²) in [5, 5.41) is 18.2. The van der Waals surface area contributed by atoms with Crippen molar-refractivity contribution in [2.45, 2.75) is 20.4 Å². The van der Waals surface area contributed by atoms with Crippen molar-refractivity contribution in [2.75, 3.05) is 23.0 Å². The molecule has 30 heavy (non-hydrogen) atoms. The summed E-state index contributed by atoms with van der Waals surface area (Å²) in [6, 6.07) is 25.2. The average Bonchev–Trinajstić information content (AvgIpc) is 2.79. The quantitative estimate of drug-likeness (QED) is 0.270. The van der Waals surface area contributed by atoms with Gasteiger partial charge in [-0.15, -0.1) is 0 Å². The van der Waals surface area contributed by atoms with Gasteiger partial charge in [0, 0.05) is 24.7 Å². The van der Waals surface area contributed by atoms with Crippen LogP contribution in [0.15, 0.2) is 84.0 Å². The van der Waals surface area contributed by atoms with Crippen LogP contribution in [-0.4, -0.2) is 24.2 Å². The molecule has 6 heteroatoms. The topological polar surface area (TPSA) is 62.0 Å². The summed E-state index contributed by atoms with van der Waals surface area (Å²) in [5.74, 6) is 0. The molecule has 0 aromatic heterocycles. The second-order valence-electron chi connectivity index (χ2n) is 6.80. The van der Waals surface area contributed by atoms with Crippen LogP contribution in [0.1, 0.15) is 25.0 Å². The lowest BCUT2D eigenvalue weighted by molar-refractivity contribution is -0.384. The Bertz CT molecular complexity index is 987. The molecule has 0 fully saturated rings. The number of nitrogens with zero attached hydrogens (tertiary/aromatic N) is 4. The van der Waals surface area contributed by atoms with Crippen LogP contribution in [0, 0.1) is 10.1 Å². The molecule has 0 atom stereocenters. The second-order valence-corrected chi connectivity index (χ2v) is 6.80. The molecule has 0 unspecified atom stereocenters. The largest absolute Gasteiger partial charge is 0.367 e. The van der Waals surface area contributed by atoms with Gasteiger partial charge < -0.3 is 4.90 Å². The highest BCUT2D eigenvalue weighted by molar-refractivity contribution is 5.84. The minimum atomic E-state index is -0.329. The van der Waals surface area contributed by atoms with E-state index >= 15 is 0 Å². The van der Waals surface area contributed by atoms with Gasteiger partial charge in [-0.2, -0.15) is 5.10 Å². The van der Waals surface area contributed by atoms with E-state index in [0.717, 1.165) is 11.3 Å². The lowest BCUT2D eigenvalue weighted by Gasteiger charge is -2.21. The Morgan fingerprint density at radius 2 is 1.57 bits per heavy atom. The average molecular weight is 402 g/mol. The van der Waals surface area contributed by atoms with Crippen molar-refractivity contribution in [3.63, 3.8) is 0 Å². The van der Waals surface area contributed by atoms with E-state index in [9.17, 15) is 10.1 Å². The lowest BCUT2D eigenvalue weighted by atomic mass is 10.1. The van der Waals surface area contributed by atoms with Gasteiger partial charge in [-0.05, 0) is 37.6 Å². The Balaban J connectivity index is 1.91. The molecule has 0 saturated carbocycles. The Morgan fingerprint density at radius 1 is 0.933 bits per heavy atom. The Morgan fingerprint density at radius 3 is 2.17 bits per heavy atom. The normalized spacial score (nSPS) is 10.9. The summed E-state index contributed by atoms with van der Waals surface area (Å²) >= 11 is 0. The smallest absolute Gasteiger partial charge is 0.293 e. The second kappa shape index (κ2) is 10.2. The summed E-state index contributed by atoms with van der Waals surface area (Å²) in [4.78, 5) is 13.3. The van der Waals surface area contributed by atoms with Gasteiger partial charge in [0.05, 0.1) is 23.4 Å². The first-order valence-electron chi connectivity index (χ1n) is 10.1. The molecule has 0 radical (unpaired) electrons. The van der Waals surface area contributed by atoms with Gasteiger partial charge in [0.15, 0.2) is 0 Å². The number of nitro benzene ring substituents is 1. The number of rotatable bonds is 9. The third-order valence-corrected chi connectivity index (χ3v) is 4.88. The van der Waals surface area contributed by atoms with Crippen molar-refractivity contribution in [3.8, 4) is 0 Å². The van der Waals surface area contributed by atoms with E-state index < -0.39 is 0 Å². The predicted molar refractivity (Wildman–Crippen MR) is 123 cm³/mol. The van der Waals surface area contributed by atoms with E-state index in [2.05, 4.69) is 17.2 Å². The molecule has 0 aliphatic heterocycles. The van der Waals surface area contributed by atoms with Crippen molar-refractivity contribution in [3.05, 3.63) is 100 Å². The fraction of sp³-hybridized carbons (Fsp3) is 0.208. The molecular formula is C24H26N4O2. The van der Waals surface area contributed by atoms with Crippen LogP contribution in [0.5, 0.6) is 0 Å². The summed E-state index contributed by atoms with van der Waals surface area (Å²) < 4.78 is 0. The van der Waals surface area contributed by atoms with Crippen molar-refractivity contribution in [1.29, 1.82) is 0 Å². The van der Waals surface area contributed by atoms with Gasteiger partial charge in [0.1, 0.15) is 5.69 Å². The molecular weight excluding hydrogens is 376 g/mol. The third-order valence-electron chi connectivity index (χ3n) is 4.88. The molecule has 0 spiro atoms. The Hall–Kier alpha value is -3.67. The molecule has 0 heterocycles. The van der Waals surface area contributed by atoms with E-state index in [4.69, 9.17) is 0 Å². The molecule has 3 aromatic rings. The molecule has 3 aromatic carbocycles. The van der Waals surface area contributed by atoms with Crippen molar-refractivity contribution in [2.24, 2.45) is 5.10 Å². The zero-order chi connectivity index (χ0) is 21.3. The van der Waals surface area contributed by atoms with E-state index in [0.29, 0.717) is 30.9 Å². The zero-order valence-corrected chi connectivity index (χ0v) is 17.3. The first kappa shape index (κ1) is 21.0. The van der Waals surface area contributed by atoms with Gasteiger partial charge in [-0.3, -0.25) is 15.1 Å². The zero-order valence-electron chi connectivity index (χ0n) is 17.3. The van der Waals surface area contributed by atoms with Crippen LogP contribution in [0.25, 0.3) is 0 Å². The third kappa shape index (κ3) is 5.23. The van der Waals surface area contributed by atoms with Crippen LogP contribution >= 0.6 is 0 Å². The SMILES string of the molecule is CCN(CC)c1ccc(C=NN(Cc2ccccc2)c2ccccc2)cc1[N+](=O)[O-]. The Labute approximate surface area is 177 Å². The number of para-hydroxylation sites is 1.